The Bertz CT molecular complexity index is 536. The molecule has 2 aromatic rings. The molecule has 0 fully saturated rings. The summed E-state index contributed by atoms with van der Waals surface area (Å²) < 4.78 is 5.21. The van der Waals surface area contributed by atoms with Gasteiger partial charge in [0.25, 0.3) is 0 Å². The second kappa shape index (κ2) is 7.73. The first-order valence-electron chi connectivity index (χ1n) is 7.56. The molecule has 2 rings (SSSR count). The Balaban J connectivity index is 1.96. The SMILES string of the molecule is CCCNC(CCC(N)c1nc(C)sc1C)c1ccoc1. The number of aryl methyl sites for hydroxylation is 2. The largest absolute Gasteiger partial charge is 0.472 e. The average Bonchev–Trinajstić information content (AvgIpc) is 3.08. The molecule has 0 aliphatic rings. The summed E-state index contributed by atoms with van der Waals surface area (Å²) in [5.41, 5.74) is 8.58. The number of furan rings is 1. The van der Waals surface area contributed by atoms with Crippen LogP contribution in [0.15, 0.2) is 23.0 Å². The summed E-state index contributed by atoms with van der Waals surface area (Å²) in [5, 5.41) is 4.66. The summed E-state index contributed by atoms with van der Waals surface area (Å²) in [6, 6.07) is 2.33. The fraction of sp³-hybridized carbons (Fsp3) is 0.562. The van der Waals surface area contributed by atoms with Crippen LogP contribution in [0.25, 0.3) is 0 Å². The Hall–Kier alpha value is -1.17. The fourth-order valence-corrected chi connectivity index (χ4v) is 3.44. The van der Waals surface area contributed by atoms with Gasteiger partial charge in [0.05, 0.1) is 23.2 Å². The lowest BCUT2D eigenvalue weighted by Gasteiger charge is -2.19. The Kier molecular flexibility index (Phi) is 5.96. The van der Waals surface area contributed by atoms with E-state index in [9.17, 15) is 0 Å². The third-order valence-corrected chi connectivity index (χ3v) is 4.55. The van der Waals surface area contributed by atoms with Crippen LogP contribution in [0.2, 0.25) is 0 Å². The van der Waals surface area contributed by atoms with E-state index in [4.69, 9.17) is 10.2 Å². The Morgan fingerprint density at radius 2 is 2.19 bits per heavy atom. The van der Waals surface area contributed by atoms with E-state index in [0.29, 0.717) is 6.04 Å². The first-order valence-corrected chi connectivity index (χ1v) is 8.38. The van der Waals surface area contributed by atoms with Crippen molar-refractivity contribution < 1.29 is 4.42 Å². The van der Waals surface area contributed by atoms with Gasteiger partial charge in [-0.25, -0.2) is 4.98 Å². The summed E-state index contributed by atoms with van der Waals surface area (Å²) >= 11 is 1.72. The zero-order chi connectivity index (χ0) is 15.2. The minimum absolute atomic E-state index is 0.00720. The third-order valence-electron chi connectivity index (χ3n) is 3.64. The van der Waals surface area contributed by atoms with E-state index in [2.05, 4.69) is 24.1 Å². The first-order chi connectivity index (χ1) is 10.1. The van der Waals surface area contributed by atoms with E-state index < -0.39 is 0 Å². The van der Waals surface area contributed by atoms with E-state index >= 15 is 0 Å². The number of nitrogens with two attached hydrogens (primary N) is 1. The predicted octanol–water partition coefficient (Wildman–Crippen LogP) is 3.87. The van der Waals surface area contributed by atoms with Gasteiger partial charge in [0.15, 0.2) is 0 Å². The van der Waals surface area contributed by atoms with E-state index in [1.54, 1.807) is 17.6 Å². The summed E-state index contributed by atoms with van der Waals surface area (Å²) in [7, 11) is 0. The zero-order valence-corrected chi connectivity index (χ0v) is 13.9. The molecule has 0 aliphatic carbocycles. The average molecular weight is 307 g/mol. The minimum atomic E-state index is 0.00720. The summed E-state index contributed by atoms with van der Waals surface area (Å²) in [4.78, 5) is 5.80. The first kappa shape index (κ1) is 16.2. The van der Waals surface area contributed by atoms with Crippen LogP contribution in [0.5, 0.6) is 0 Å². The predicted molar refractivity (Wildman–Crippen MR) is 87.5 cm³/mol. The van der Waals surface area contributed by atoms with Crippen molar-refractivity contribution >= 4 is 11.3 Å². The van der Waals surface area contributed by atoms with Crippen molar-refractivity contribution in [2.45, 2.75) is 52.1 Å². The van der Waals surface area contributed by atoms with E-state index in [0.717, 1.165) is 36.5 Å². The molecule has 0 saturated heterocycles. The molecule has 0 bridgehead atoms. The normalized spacial score (nSPS) is 14.3. The number of nitrogens with zero attached hydrogens (tertiary/aromatic N) is 1. The van der Waals surface area contributed by atoms with E-state index in [1.165, 1.54) is 10.4 Å². The van der Waals surface area contributed by atoms with Crippen molar-refractivity contribution in [3.05, 3.63) is 39.7 Å². The summed E-state index contributed by atoms with van der Waals surface area (Å²) in [6.07, 6.45) is 6.55. The van der Waals surface area contributed by atoms with Crippen LogP contribution in [0.1, 0.15) is 59.4 Å². The topological polar surface area (TPSA) is 64.1 Å². The highest BCUT2D eigenvalue weighted by molar-refractivity contribution is 7.11. The molecule has 4 nitrogen and oxygen atoms in total. The van der Waals surface area contributed by atoms with Gasteiger partial charge in [0.1, 0.15) is 0 Å². The van der Waals surface area contributed by atoms with Crippen LogP contribution in [0.3, 0.4) is 0 Å². The van der Waals surface area contributed by atoms with Crippen molar-refractivity contribution in [1.29, 1.82) is 0 Å². The van der Waals surface area contributed by atoms with Gasteiger partial charge in [-0.15, -0.1) is 11.3 Å². The molecule has 3 N–H and O–H groups in total. The maximum Gasteiger partial charge on any atom is 0.0950 e. The number of nitrogens with one attached hydrogen (secondary N) is 1. The van der Waals surface area contributed by atoms with Crippen molar-refractivity contribution in [3.8, 4) is 0 Å². The maximum atomic E-state index is 6.33. The Morgan fingerprint density at radius 3 is 2.76 bits per heavy atom. The second-order valence-electron chi connectivity index (χ2n) is 5.42. The lowest BCUT2D eigenvalue weighted by molar-refractivity contribution is 0.451. The molecule has 5 heteroatoms. The van der Waals surface area contributed by atoms with Gasteiger partial charge in [-0.05, 0) is 45.7 Å². The van der Waals surface area contributed by atoms with Crippen LogP contribution in [0.4, 0.5) is 0 Å². The smallest absolute Gasteiger partial charge is 0.0950 e. The molecule has 0 radical (unpaired) electrons. The zero-order valence-electron chi connectivity index (χ0n) is 13.1. The van der Waals surface area contributed by atoms with Gasteiger partial charge in [0.2, 0.25) is 0 Å². The minimum Gasteiger partial charge on any atom is -0.472 e. The molecule has 0 amide bonds. The molecule has 2 unspecified atom stereocenters. The highest BCUT2D eigenvalue weighted by Crippen LogP contribution is 2.27. The number of thiazole rings is 1. The lowest BCUT2D eigenvalue weighted by Crippen LogP contribution is -2.23. The van der Waals surface area contributed by atoms with Crippen molar-refractivity contribution in [3.63, 3.8) is 0 Å². The number of hydrogen-bond acceptors (Lipinski definition) is 5. The number of aromatic nitrogens is 1. The summed E-state index contributed by atoms with van der Waals surface area (Å²) in [5.74, 6) is 0. The maximum absolute atomic E-state index is 6.33. The molecule has 0 saturated carbocycles. The van der Waals surface area contributed by atoms with Crippen molar-refractivity contribution in [2.24, 2.45) is 5.73 Å². The molecular formula is C16H25N3OS. The number of rotatable bonds is 8. The molecule has 2 aromatic heterocycles. The molecule has 21 heavy (non-hydrogen) atoms. The third kappa shape index (κ3) is 4.40. The quantitative estimate of drug-likeness (QED) is 0.777. The van der Waals surface area contributed by atoms with E-state index in [-0.39, 0.29) is 6.04 Å². The highest BCUT2D eigenvalue weighted by Gasteiger charge is 2.17. The molecule has 0 aliphatic heterocycles. The van der Waals surface area contributed by atoms with Crippen LogP contribution < -0.4 is 11.1 Å². The Morgan fingerprint density at radius 1 is 1.38 bits per heavy atom. The molecule has 0 aromatic carbocycles. The highest BCUT2D eigenvalue weighted by atomic mass is 32.1. The lowest BCUT2D eigenvalue weighted by atomic mass is 10.00. The van der Waals surface area contributed by atoms with Crippen LogP contribution in [0, 0.1) is 13.8 Å². The monoisotopic (exact) mass is 307 g/mol. The standard InChI is InChI=1S/C16H25N3OS/c1-4-8-18-15(13-7-9-20-10-13)6-5-14(17)16-11(2)21-12(3)19-16/h7,9-10,14-15,18H,4-6,8,17H2,1-3H3. The molecule has 2 heterocycles. The van der Waals surface area contributed by atoms with Gasteiger partial charge in [-0.3, -0.25) is 0 Å². The van der Waals surface area contributed by atoms with Crippen molar-refractivity contribution in [1.82, 2.24) is 10.3 Å². The van der Waals surface area contributed by atoms with Crippen LogP contribution in [-0.4, -0.2) is 11.5 Å². The number of hydrogen-bond donors (Lipinski definition) is 2. The van der Waals surface area contributed by atoms with Crippen molar-refractivity contribution in [2.75, 3.05) is 6.54 Å². The van der Waals surface area contributed by atoms with Gasteiger partial charge in [-0.1, -0.05) is 6.92 Å². The molecule has 116 valence electrons. The van der Waals surface area contributed by atoms with Gasteiger partial charge < -0.3 is 15.5 Å². The molecular weight excluding hydrogens is 282 g/mol. The van der Waals surface area contributed by atoms with Gasteiger partial charge in [-0.2, -0.15) is 0 Å². The van der Waals surface area contributed by atoms with Crippen LogP contribution in [-0.2, 0) is 0 Å². The summed E-state index contributed by atoms with van der Waals surface area (Å²) in [6.45, 7) is 7.31. The van der Waals surface area contributed by atoms with E-state index in [1.807, 2.05) is 19.3 Å². The molecule has 2 atom stereocenters. The van der Waals surface area contributed by atoms with Crippen LogP contribution >= 0.6 is 11.3 Å². The Labute approximate surface area is 130 Å². The fourth-order valence-electron chi connectivity index (χ4n) is 2.55. The molecule has 0 spiro atoms. The van der Waals surface area contributed by atoms with Gasteiger partial charge in [0, 0.05) is 22.5 Å². The second-order valence-corrected chi connectivity index (χ2v) is 6.83. The van der Waals surface area contributed by atoms with Gasteiger partial charge >= 0.3 is 0 Å².